The summed E-state index contributed by atoms with van der Waals surface area (Å²) in [6.07, 6.45) is 1.74. The molecule has 2 aromatic carbocycles. The predicted molar refractivity (Wildman–Crippen MR) is 164 cm³/mol. The molecule has 9 nitrogen and oxygen atoms in total. The van der Waals surface area contributed by atoms with Gasteiger partial charge < -0.3 is 15.1 Å². The predicted octanol–water partition coefficient (Wildman–Crippen LogP) is 4.85. The zero-order valence-electron chi connectivity index (χ0n) is 22.9. The minimum atomic E-state index is -0.155. The number of nitrogens with zero attached hydrogens (tertiary/aromatic N) is 7. The Balaban J connectivity index is 1.28. The van der Waals surface area contributed by atoms with Crippen LogP contribution >= 0.6 is 11.6 Å². The minimum Gasteiger partial charge on any atom is -0.369 e. The molecule has 40 heavy (non-hydrogen) atoms. The number of likely N-dealkylation sites (N-methyl/N-ethyl adjacent to an activating group) is 1. The number of aliphatic imine (C=N–C) groups is 2. The van der Waals surface area contributed by atoms with E-state index in [-0.39, 0.29) is 5.56 Å². The van der Waals surface area contributed by atoms with Crippen molar-refractivity contribution in [2.75, 3.05) is 50.0 Å². The lowest BCUT2D eigenvalue weighted by Crippen LogP contribution is -2.44. The third-order valence-corrected chi connectivity index (χ3v) is 7.72. The van der Waals surface area contributed by atoms with Crippen molar-refractivity contribution in [3.8, 4) is 11.1 Å². The molecule has 1 saturated heterocycles. The van der Waals surface area contributed by atoms with Gasteiger partial charge in [-0.15, -0.1) is 0 Å². The molecule has 0 saturated carbocycles. The van der Waals surface area contributed by atoms with Crippen LogP contribution in [-0.2, 0) is 6.54 Å². The van der Waals surface area contributed by atoms with Gasteiger partial charge in [-0.1, -0.05) is 23.7 Å². The number of aromatic nitrogens is 3. The first-order valence-electron chi connectivity index (χ1n) is 13.5. The Labute approximate surface area is 237 Å². The smallest absolute Gasteiger partial charge is 0.260 e. The standard InChI is InChI=1S/C30H31ClN8O/c1-4-39-28-21(15-25(29(39)40)24-10-5-20(16-26(24)31)27-32-17-19(2)34-27)18-33-30(36-28)35-22-6-8-23(9-7-22)38-13-11-37(3)12-14-38/h5-10,15-16,18H,4,11-14,17H2,1-3H3,(H,33,35,36). The normalized spacial score (nSPS) is 15.8. The first-order valence-corrected chi connectivity index (χ1v) is 13.9. The van der Waals surface area contributed by atoms with E-state index >= 15 is 0 Å². The molecule has 2 aromatic heterocycles. The van der Waals surface area contributed by atoms with Gasteiger partial charge in [0.05, 0.1) is 6.54 Å². The number of benzene rings is 2. The summed E-state index contributed by atoms with van der Waals surface area (Å²) in [7, 11) is 2.16. The van der Waals surface area contributed by atoms with Crippen molar-refractivity contribution in [1.29, 1.82) is 0 Å². The molecule has 1 N–H and O–H groups in total. The minimum absolute atomic E-state index is 0.155. The molecule has 1 fully saturated rings. The van der Waals surface area contributed by atoms with Crippen LogP contribution in [0, 0.1) is 0 Å². The van der Waals surface area contributed by atoms with E-state index in [1.165, 1.54) is 5.69 Å². The van der Waals surface area contributed by atoms with E-state index in [1.54, 1.807) is 10.8 Å². The summed E-state index contributed by atoms with van der Waals surface area (Å²) in [6, 6.07) is 15.7. The van der Waals surface area contributed by atoms with Crippen LogP contribution in [0.2, 0.25) is 5.02 Å². The van der Waals surface area contributed by atoms with Crippen molar-refractivity contribution in [2.45, 2.75) is 20.4 Å². The van der Waals surface area contributed by atoms with E-state index in [4.69, 9.17) is 16.6 Å². The van der Waals surface area contributed by atoms with Crippen molar-refractivity contribution < 1.29 is 0 Å². The summed E-state index contributed by atoms with van der Waals surface area (Å²) >= 11 is 6.68. The van der Waals surface area contributed by atoms with Crippen LogP contribution in [-0.4, -0.2) is 70.8 Å². The maximum Gasteiger partial charge on any atom is 0.260 e. The third-order valence-electron chi connectivity index (χ3n) is 7.41. The molecular weight excluding hydrogens is 524 g/mol. The van der Waals surface area contributed by atoms with Crippen LogP contribution in [0.25, 0.3) is 22.2 Å². The van der Waals surface area contributed by atoms with Crippen molar-refractivity contribution in [2.24, 2.45) is 9.98 Å². The fourth-order valence-corrected chi connectivity index (χ4v) is 5.41. The van der Waals surface area contributed by atoms with Crippen LogP contribution in [0.15, 0.2) is 69.5 Å². The van der Waals surface area contributed by atoms with Gasteiger partial charge in [0.2, 0.25) is 5.95 Å². The van der Waals surface area contributed by atoms with Gasteiger partial charge >= 0.3 is 0 Å². The lowest BCUT2D eigenvalue weighted by molar-refractivity contribution is 0.313. The first-order chi connectivity index (χ1) is 19.4. The highest BCUT2D eigenvalue weighted by Crippen LogP contribution is 2.30. The Hall–Kier alpha value is -4.08. The molecule has 0 spiro atoms. The van der Waals surface area contributed by atoms with E-state index in [0.717, 1.165) is 48.5 Å². The number of aryl methyl sites for hydroxylation is 1. The topological polar surface area (TPSA) is 91.0 Å². The Morgan fingerprint density at radius 3 is 2.45 bits per heavy atom. The number of hydrogen-bond acceptors (Lipinski definition) is 8. The van der Waals surface area contributed by atoms with Gasteiger partial charge in [0.1, 0.15) is 5.65 Å². The number of halogens is 1. The molecule has 0 atom stereocenters. The summed E-state index contributed by atoms with van der Waals surface area (Å²) in [4.78, 5) is 36.5. The highest BCUT2D eigenvalue weighted by atomic mass is 35.5. The number of rotatable bonds is 6. The lowest BCUT2D eigenvalue weighted by Gasteiger charge is -2.34. The van der Waals surface area contributed by atoms with E-state index in [9.17, 15) is 4.79 Å². The maximum absolute atomic E-state index is 13.6. The molecule has 0 unspecified atom stereocenters. The van der Waals surface area contributed by atoms with Gasteiger partial charge in [-0.3, -0.25) is 14.4 Å². The summed E-state index contributed by atoms with van der Waals surface area (Å²) in [6.45, 7) is 9.10. The fraction of sp³-hybridized carbons (Fsp3) is 0.300. The largest absolute Gasteiger partial charge is 0.369 e. The summed E-state index contributed by atoms with van der Waals surface area (Å²) < 4.78 is 1.66. The van der Waals surface area contributed by atoms with Gasteiger partial charge in [-0.2, -0.15) is 4.98 Å². The third kappa shape index (κ3) is 5.10. The molecule has 0 amide bonds. The summed E-state index contributed by atoms with van der Waals surface area (Å²) in [5.74, 6) is 1.10. The van der Waals surface area contributed by atoms with Crippen LogP contribution < -0.4 is 15.8 Å². The van der Waals surface area contributed by atoms with E-state index in [2.05, 4.69) is 49.3 Å². The zero-order valence-corrected chi connectivity index (χ0v) is 23.6. The van der Waals surface area contributed by atoms with Crippen molar-refractivity contribution in [3.63, 3.8) is 0 Å². The summed E-state index contributed by atoms with van der Waals surface area (Å²) in [5.41, 5.74) is 5.46. The van der Waals surface area contributed by atoms with Crippen molar-refractivity contribution >= 4 is 51.5 Å². The van der Waals surface area contributed by atoms with Crippen LogP contribution in [0.3, 0.4) is 0 Å². The molecule has 4 heterocycles. The van der Waals surface area contributed by atoms with E-state index in [1.807, 2.05) is 50.2 Å². The highest BCUT2D eigenvalue weighted by molar-refractivity contribution is 6.34. The monoisotopic (exact) mass is 554 g/mol. The molecule has 4 aromatic rings. The maximum atomic E-state index is 13.6. The van der Waals surface area contributed by atoms with Crippen LogP contribution in [0.1, 0.15) is 19.4 Å². The first kappa shape index (κ1) is 26.2. The van der Waals surface area contributed by atoms with Gasteiger partial charge in [0.15, 0.2) is 5.84 Å². The number of anilines is 3. The molecule has 204 valence electrons. The van der Waals surface area contributed by atoms with Crippen molar-refractivity contribution in [1.82, 2.24) is 19.4 Å². The van der Waals surface area contributed by atoms with Gasteiger partial charge in [-0.25, -0.2) is 9.98 Å². The molecule has 2 aliphatic heterocycles. The van der Waals surface area contributed by atoms with E-state index in [0.29, 0.717) is 46.7 Å². The molecule has 0 bridgehead atoms. The summed E-state index contributed by atoms with van der Waals surface area (Å²) in [5, 5.41) is 4.52. The zero-order chi connectivity index (χ0) is 27.8. The Kier molecular flexibility index (Phi) is 7.08. The Morgan fingerprint density at radius 1 is 1.00 bits per heavy atom. The Morgan fingerprint density at radius 2 is 1.77 bits per heavy atom. The number of amidine groups is 1. The number of piperazine rings is 1. The molecule has 6 rings (SSSR count). The second-order valence-corrected chi connectivity index (χ2v) is 10.6. The number of hydrogen-bond donors (Lipinski definition) is 1. The molecule has 2 aliphatic rings. The van der Waals surface area contributed by atoms with Crippen LogP contribution in [0.4, 0.5) is 17.3 Å². The average Bonchev–Trinajstić information content (AvgIpc) is 3.40. The number of pyridine rings is 1. The highest BCUT2D eigenvalue weighted by Gasteiger charge is 2.18. The SMILES string of the molecule is CCn1c(=O)c(-c2ccc(C3=NCC(C)=N3)cc2Cl)cc2cnc(Nc3ccc(N4CCN(C)CC4)cc3)nc21. The molecule has 0 aliphatic carbocycles. The van der Waals surface area contributed by atoms with Gasteiger partial charge in [0, 0.05) is 83.1 Å². The number of nitrogens with one attached hydrogen (secondary N) is 1. The quantitative estimate of drug-likeness (QED) is 0.366. The van der Waals surface area contributed by atoms with Crippen molar-refractivity contribution in [3.05, 3.63) is 75.7 Å². The van der Waals surface area contributed by atoms with Crippen LogP contribution in [0.5, 0.6) is 0 Å². The van der Waals surface area contributed by atoms with Gasteiger partial charge in [-0.05, 0) is 57.3 Å². The molecular formula is C30H31ClN8O. The number of fused-ring (bicyclic) bond motifs is 1. The van der Waals surface area contributed by atoms with Gasteiger partial charge in [0.25, 0.3) is 5.56 Å². The molecule has 0 radical (unpaired) electrons. The lowest BCUT2D eigenvalue weighted by atomic mass is 10.0. The second-order valence-electron chi connectivity index (χ2n) is 10.2. The van der Waals surface area contributed by atoms with E-state index < -0.39 is 0 Å². The Bertz CT molecular complexity index is 1700. The molecule has 10 heteroatoms. The second kappa shape index (κ2) is 10.8. The fourth-order valence-electron chi connectivity index (χ4n) is 5.12. The average molecular weight is 555 g/mol.